The molecule has 0 aromatic carbocycles. The van der Waals surface area contributed by atoms with Gasteiger partial charge in [0.1, 0.15) is 0 Å². The highest BCUT2D eigenvalue weighted by Gasteiger charge is 2.19. The maximum Gasteiger partial charge on any atom is 0.169 e. The second kappa shape index (κ2) is 4.61. The predicted octanol–water partition coefficient (Wildman–Crippen LogP) is 0.849. The average molecular weight is 210 g/mol. The highest BCUT2D eigenvalue weighted by atomic mass is 16.5. The van der Waals surface area contributed by atoms with Crippen molar-refractivity contribution in [2.45, 2.75) is 32.7 Å². The molecule has 0 amide bonds. The van der Waals surface area contributed by atoms with E-state index in [0.29, 0.717) is 11.7 Å². The lowest BCUT2D eigenvalue weighted by Gasteiger charge is -2.09. The maximum absolute atomic E-state index is 5.78. The Kier molecular flexibility index (Phi) is 3.20. The lowest BCUT2D eigenvalue weighted by Crippen LogP contribution is -2.14. The third-order valence-electron chi connectivity index (χ3n) is 2.81. The van der Waals surface area contributed by atoms with Crippen LogP contribution in [0.4, 0.5) is 5.82 Å². The summed E-state index contributed by atoms with van der Waals surface area (Å²) in [6.45, 7) is 4.73. The van der Waals surface area contributed by atoms with Gasteiger partial charge in [-0.1, -0.05) is 18.6 Å². The van der Waals surface area contributed by atoms with E-state index in [-0.39, 0.29) is 0 Å². The Morgan fingerprint density at radius 3 is 3.13 bits per heavy atom. The van der Waals surface area contributed by atoms with Crippen LogP contribution in [0.1, 0.15) is 25.5 Å². The number of anilines is 1. The molecule has 1 unspecified atom stereocenters. The van der Waals surface area contributed by atoms with Crippen molar-refractivity contribution in [3.63, 3.8) is 0 Å². The number of nitrogens with two attached hydrogens (primary N) is 1. The highest BCUT2D eigenvalue weighted by molar-refractivity contribution is 5.32. The largest absolute Gasteiger partial charge is 0.381 e. The first-order valence-corrected chi connectivity index (χ1v) is 5.56. The molecule has 1 atom stereocenters. The molecule has 0 spiro atoms. The third-order valence-corrected chi connectivity index (χ3v) is 2.81. The van der Waals surface area contributed by atoms with Crippen LogP contribution < -0.4 is 5.73 Å². The van der Waals surface area contributed by atoms with E-state index in [1.807, 2.05) is 4.68 Å². The van der Waals surface area contributed by atoms with Crippen LogP contribution in [0.2, 0.25) is 0 Å². The van der Waals surface area contributed by atoms with Crippen LogP contribution in [0.5, 0.6) is 0 Å². The molecule has 1 aromatic rings. The Balaban J connectivity index is 2.05. The zero-order valence-electron chi connectivity index (χ0n) is 9.15. The van der Waals surface area contributed by atoms with Crippen molar-refractivity contribution in [2.24, 2.45) is 5.92 Å². The van der Waals surface area contributed by atoms with E-state index in [9.17, 15) is 0 Å². The summed E-state index contributed by atoms with van der Waals surface area (Å²) in [6.07, 6.45) is 3.14. The summed E-state index contributed by atoms with van der Waals surface area (Å²) in [5, 5.41) is 8.01. The molecule has 15 heavy (non-hydrogen) atoms. The van der Waals surface area contributed by atoms with Gasteiger partial charge in [0.2, 0.25) is 0 Å². The van der Waals surface area contributed by atoms with Gasteiger partial charge in [-0.3, -0.25) is 0 Å². The highest BCUT2D eigenvalue weighted by Crippen LogP contribution is 2.17. The van der Waals surface area contributed by atoms with Crippen LogP contribution in [-0.4, -0.2) is 28.2 Å². The average Bonchev–Trinajstić information content (AvgIpc) is 2.83. The molecule has 0 radical (unpaired) electrons. The number of aromatic nitrogens is 3. The molecular formula is C10H18N4O. The van der Waals surface area contributed by atoms with Gasteiger partial charge < -0.3 is 10.5 Å². The lowest BCUT2D eigenvalue weighted by atomic mass is 10.1. The van der Waals surface area contributed by atoms with Gasteiger partial charge in [0, 0.05) is 19.1 Å². The van der Waals surface area contributed by atoms with Crippen LogP contribution in [0, 0.1) is 5.92 Å². The predicted molar refractivity (Wildman–Crippen MR) is 57.4 cm³/mol. The van der Waals surface area contributed by atoms with Crippen LogP contribution in [0.3, 0.4) is 0 Å². The molecule has 0 bridgehead atoms. The van der Waals surface area contributed by atoms with E-state index in [0.717, 1.165) is 44.7 Å². The van der Waals surface area contributed by atoms with Crippen molar-refractivity contribution in [3.05, 3.63) is 5.69 Å². The van der Waals surface area contributed by atoms with Crippen molar-refractivity contribution in [3.8, 4) is 0 Å². The summed E-state index contributed by atoms with van der Waals surface area (Å²) < 4.78 is 7.29. The molecule has 2 N–H and O–H groups in total. The molecule has 0 saturated carbocycles. The summed E-state index contributed by atoms with van der Waals surface area (Å²) in [6, 6.07) is 0. The van der Waals surface area contributed by atoms with Gasteiger partial charge in [0.05, 0.1) is 12.3 Å². The Hall–Kier alpha value is -1.10. The van der Waals surface area contributed by atoms with E-state index in [2.05, 4.69) is 17.2 Å². The zero-order valence-corrected chi connectivity index (χ0v) is 9.15. The summed E-state index contributed by atoms with van der Waals surface area (Å²) >= 11 is 0. The quantitative estimate of drug-likeness (QED) is 0.800. The normalized spacial score (nSPS) is 21.0. The fourth-order valence-corrected chi connectivity index (χ4v) is 1.96. The van der Waals surface area contributed by atoms with Crippen LogP contribution >= 0.6 is 0 Å². The molecule has 1 saturated heterocycles. The van der Waals surface area contributed by atoms with Crippen molar-refractivity contribution < 1.29 is 4.74 Å². The summed E-state index contributed by atoms with van der Waals surface area (Å²) in [5.41, 5.74) is 6.85. The first-order valence-electron chi connectivity index (χ1n) is 5.56. The molecule has 84 valence electrons. The number of hydrogen-bond acceptors (Lipinski definition) is 4. The summed E-state index contributed by atoms with van der Waals surface area (Å²) in [7, 11) is 0. The molecule has 5 nitrogen and oxygen atoms in total. The molecule has 1 aliphatic rings. The number of rotatable bonds is 4. The first-order chi connectivity index (χ1) is 7.31. The van der Waals surface area contributed by atoms with Gasteiger partial charge in [-0.25, -0.2) is 4.68 Å². The molecule has 0 aliphatic carbocycles. The number of nitrogen functional groups attached to an aromatic ring is 1. The van der Waals surface area contributed by atoms with Crippen LogP contribution in [0.15, 0.2) is 0 Å². The first kappa shape index (κ1) is 10.4. The summed E-state index contributed by atoms with van der Waals surface area (Å²) in [5.74, 6) is 1.15. The smallest absolute Gasteiger partial charge is 0.169 e. The minimum Gasteiger partial charge on any atom is -0.381 e. The van der Waals surface area contributed by atoms with Crippen molar-refractivity contribution in [1.82, 2.24) is 15.0 Å². The fourth-order valence-electron chi connectivity index (χ4n) is 1.96. The van der Waals surface area contributed by atoms with Crippen LogP contribution in [-0.2, 0) is 17.7 Å². The van der Waals surface area contributed by atoms with Gasteiger partial charge in [0.15, 0.2) is 5.82 Å². The van der Waals surface area contributed by atoms with Crippen molar-refractivity contribution >= 4 is 5.82 Å². The zero-order chi connectivity index (χ0) is 10.7. The van der Waals surface area contributed by atoms with E-state index in [1.165, 1.54) is 0 Å². The Morgan fingerprint density at radius 2 is 2.47 bits per heavy atom. The minimum absolute atomic E-state index is 0.571. The standard InChI is InChI=1S/C10H18N4O/c1-2-3-9-10(11)12-13-14(9)6-8-4-5-15-7-8/h8H,2-7,11H2,1H3. The monoisotopic (exact) mass is 210 g/mol. The molecule has 2 rings (SSSR count). The molecule has 1 aromatic heterocycles. The number of ether oxygens (including phenoxy) is 1. The minimum atomic E-state index is 0.571. The van der Waals surface area contributed by atoms with Crippen LogP contribution in [0.25, 0.3) is 0 Å². The fraction of sp³-hybridized carbons (Fsp3) is 0.800. The lowest BCUT2D eigenvalue weighted by molar-refractivity contribution is 0.181. The summed E-state index contributed by atoms with van der Waals surface area (Å²) in [4.78, 5) is 0. The van der Waals surface area contributed by atoms with Gasteiger partial charge in [-0.2, -0.15) is 0 Å². The van der Waals surface area contributed by atoms with Crippen molar-refractivity contribution in [2.75, 3.05) is 18.9 Å². The number of hydrogen-bond donors (Lipinski definition) is 1. The topological polar surface area (TPSA) is 66.0 Å². The van der Waals surface area contributed by atoms with Gasteiger partial charge in [0.25, 0.3) is 0 Å². The van der Waals surface area contributed by atoms with Gasteiger partial charge in [-0.15, -0.1) is 5.10 Å². The Bertz CT molecular complexity index is 317. The van der Waals surface area contributed by atoms with E-state index in [4.69, 9.17) is 10.5 Å². The van der Waals surface area contributed by atoms with E-state index < -0.39 is 0 Å². The van der Waals surface area contributed by atoms with E-state index in [1.54, 1.807) is 0 Å². The molecular weight excluding hydrogens is 192 g/mol. The molecule has 1 fully saturated rings. The van der Waals surface area contributed by atoms with Crippen molar-refractivity contribution in [1.29, 1.82) is 0 Å². The Morgan fingerprint density at radius 1 is 1.60 bits per heavy atom. The molecule has 5 heteroatoms. The van der Waals surface area contributed by atoms with E-state index >= 15 is 0 Å². The van der Waals surface area contributed by atoms with Gasteiger partial charge in [-0.05, 0) is 12.8 Å². The number of nitrogens with zero attached hydrogens (tertiary/aromatic N) is 3. The Labute approximate surface area is 89.6 Å². The van der Waals surface area contributed by atoms with Gasteiger partial charge >= 0.3 is 0 Å². The molecule has 1 aliphatic heterocycles. The maximum atomic E-state index is 5.78. The molecule has 2 heterocycles. The third kappa shape index (κ3) is 2.28. The SMILES string of the molecule is CCCc1c(N)nnn1CC1CCOC1. The second-order valence-corrected chi connectivity index (χ2v) is 4.08. The second-order valence-electron chi connectivity index (χ2n) is 4.08.